The molecule has 0 spiro atoms. The topological polar surface area (TPSA) is 113 Å². The van der Waals surface area contributed by atoms with Crippen molar-refractivity contribution in [2.45, 2.75) is 12.3 Å². The van der Waals surface area contributed by atoms with Crippen LogP contribution in [-0.4, -0.2) is 38.1 Å². The van der Waals surface area contributed by atoms with E-state index in [-0.39, 0.29) is 35.0 Å². The molecule has 0 radical (unpaired) electrons. The van der Waals surface area contributed by atoms with E-state index < -0.39 is 11.9 Å². The Morgan fingerprint density at radius 1 is 0.923 bits per heavy atom. The maximum Gasteiger partial charge on any atom is 0.312 e. The van der Waals surface area contributed by atoms with Crippen LogP contribution in [0.5, 0.6) is 28.7 Å². The molecule has 2 aliphatic rings. The summed E-state index contributed by atoms with van der Waals surface area (Å²) < 4.78 is 27.8. The Balaban J connectivity index is 1.48. The summed E-state index contributed by atoms with van der Waals surface area (Å²) in [6.07, 6.45) is 1.49. The van der Waals surface area contributed by atoms with Gasteiger partial charge in [-0.1, -0.05) is 12.1 Å². The minimum absolute atomic E-state index is 0.0696. The van der Waals surface area contributed by atoms with Crippen LogP contribution in [0.15, 0.2) is 65.2 Å². The number of hydrogen-bond acceptors (Lipinski definition) is 8. The number of benzene rings is 3. The third kappa shape index (κ3) is 3.99. The zero-order valence-electron chi connectivity index (χ0n) is 21.3. The van der Waals surface area contributed by atoms with Gasteiger partial charge < -0.3 is 28.7 Å². The second-order valence-corrected chi connectivity index (χ2v) is 9.11. The molecular weight excluding hydrogens is 502 g/mol. The molecule has 1 unspecified atom stereocenters. The summed E-state index contributed by atoms with van der Waals surface area (Å²) in [5.74, 6) is 0.630. The van der Waals surface area contributed by atoms with Gasteiger partial charge in [0.15, 0.2) is 17.3 Å². The largest absolute Gasteiger partial charge is 0.497 e. The Hall–Kier alpha value is -5.05. The maximum atomic E-state index is 13.4. The van der Waals surface area contributed by atoms with Gasteiger partial charge in [0.05, 0.1) is 38.8 Å². The number of aromatic amines is 1. The van der Waals surface area contributed by atoms with E-state index in [2.05, 4.69) is 4.98 Å². The lowest BCUT2D eigenvalue weighted by Crippen LogP contribution is -2.26. The molecule has 9 nitrogen and oxygen atoms in total. The molecule has 196 valence electrons. The van der Waals surface area contributed by atoms with Gasteiger partial charge in [0.2, 0.25) is 5.78 Å². The van der Waals surface area contributed by atoms with Crippen LogP contribution in [0, 0.1) is 0 Å². The molecule has 0 saturated heterocycles. The second-order valence-electron chi connectivity index (χ2n) is 9.11. The van der Waals surface area contributed by atoms with Gasteiger partial charge in [0.1, 0.15) is 17.2 Å². The number of carbonyl (C=O) groups excluding carboxylic acids is 2. The number of esters is 1. The molecule has 3 aromatic carbocycles. The van der Waals surface area contributed by atoms with Crippen molar-refractivity contribution in [3.8, 4) is 28.7 Å². The number of fused-ring (bicyclic) bond motifs is 4. The Bertz CT molecular complexity index is 1770. The Labute approximate surface area is 222 Å². The number of methoxy groups -OCH3 is 3. The van der Waals surface area contributed by atoms with Crippen molar-refractivity contribution in [1.82, 2.24) is 4.98 Å². The first kappa shape index (κ1) is 24.3. The highest BCUT2D eigenvalue weighted by Gasteiger charge is 2.39. The van der Waals surface area contributed by atoms with Crippen LogP contribution in [0.3, 0.4) is 0 Å². The van der Waals surface area contributed by atoms with Crippen LogP contribution in [-0.2, 0) is 4.79 Å². The summed E-state index contributed by atoms with van der Waals surface area (Å²) in [6.45, 7) is 0. The molecule has 1 atom stereocenters. The average molecular weight is 526 g/mol. The van der Waals surface area contributed by atoms with Gasteiger partial charge in [-0.2, -0.15) is 0 Å². The van der Waals surface area contributed by atoms with Crippen LogP contribution in [0.1, 0.15) is 39.4 Å². The number of para-hydroxylation sites is 1. The molecule has 0 fully saturated rings. The van der Waals surface area contributed by atoms with Crippen LogP contribution in [0.4, 0.5) is 0 Å². The fourth-order valence-corrected chi connectivity index (χ4v) is 5.12. The summed E-state index contributed by atoms with van der Waals surface area (Å²) >= 11 is 0. The average Bonchev–Trinajstić information content (AvgIpc) is 3.26. The smallest absolute Gasteiger partial charge is 0.312 e. The number of carbonyl (C=O) groups is 2. The monoisotopic (exact) mass is 525 g/mol. The number of allylic oxidation sites excluding steroid dienone is 1. The van der Waals surface area contributed by atoms with E-state index in [1.54, 1.807) is 61.7 Å². The second kappa shape index (κ2) is 9.36. The lowest BCUT2D eigenvalue weighted by Gasteiger charge is -2.26. The first-order valence-corrected chi connectivity index (χ1v) is 12.2. The van der Waals surface area contributed by atoms with Crippen LogP contribution < -0.4 is 29.2 Å². The fraction of sp³-hybridized carbons (Fsp3) is 0.167. The van der Waals surface area contributed by atoms with Crippen molar-refractivity contribution in [2.24, 2.45) is 0 Å². The van der Waals surface area contributed by atoms with Crippen molar-refractivity contribution in [3.05, 3.63) is 93.0 Å². The minimum Gasteiger partial charge on any atom is -0.497 e. The lowest BCUT2D eigenvalue weighted by atomic mass is 9.85. The number of aromatic nitrogens is 1. The van der Waals surface area contributed by atoms with Gasteiger partial charge in [0, 0.05) is 28.7 Å². The van der Waals surface area contributed by atoms with E-state index in [1.807, 2.05) is 6.07 Å². The number of ketones is 1. The first-order valence-electron chi connectivity index (χ1n) is 12.2. The van der Waals surface area contributed by atoms with Gasteiger partial charge in [-0.05, 0) is 47.9 Å². The highest BCUT2D eigenvalue weighted by Crippen LogP contribution is 2.49. The number of rotatable bonds is 5. The van der Waals surface area contributed by atoms with Crippen LogP contribution in [0.2, 0.25) is 0 Å². The summed E-state index contributed by atoms with van der Waals surface area (Å²) in [4.78, 5) is 42.1. The van der Waals surface area contributed by atoms with Gasteiger partial charge in [-0.3, -0.25) is 14.4 Å². The predicted octanol–water partition coefficient (Wildman–Crippen LogP) is 4.61. The molecule has 0 saturated carbocycles. The highest BCUT2D eigenvalue weighted by atomic mass is 16.5. The van der Waals surface area contributed by atoms with Crippen molar-refractivity contribution in [3.63, 3.8) is 0 Å². The molecular formula is C30H23NO8. The summed E-state index contributed by atoms with van der Waals surface area (Å²) in [5, 5.41) is 0.765. The number of ether oxygens (including phenoxy) is 5. The minimum atomic E-state index is -0.690. The third-order valence-electron chi connectivity index (χ3n) is 6.96. The molecule has 39 heavy (non-hydrogen) atoms. The van der Waals surface area contributed by atoms with E-state index in [4.69, 9.17) is 23.7 Å². The first-order chi connectivity index (χ1) is 18.9. The highest BCUT2D eigenvalue weighted by molar-refractivity contribution is 6.15. The molecule has 0 bridgehead atoms. The van der Waals surface area contributed by atoms with Crippen molar-refractivity contribution >= 4 is 28.7 Å². The van der Waals surface area contributed by atoms with Crippen molar-refractivity contribution < 1.29 is 33.3 Å². The molecule has 1 aromatic heterocycles. The Morgan fingerprint density at radius 2 is 1.77 bits per heavy atom. The Morgan fingerprint density at radius 3 is 2.54 bits per heavy atom. The molecule has 3 heterocycles. The van der Waals surface area contributed by atoms with E-state index >= 15 is 0 Å². The molecule has 1 N–H and O–H groups in total. The molecule has 2 aliphatic heterocycles. The van der Waals surface area contributed by atoms with Crippen LogP contribution in [0.25, 0.3) is 17.0 Å². The van der Waals surface area contributed by atoms with E-state index in [9.17, 15) is 14.4 Å². The standard InChI is InChI=1S/C30H23NO8/c1-35-17-8-7-15-11-20(30(34)31-21(15)13-17)19-14-25(32)38-22-10-9-18-27(33)24(39-29(18)26(19)22)12-16-5-4-6-23(36-2)28(16)37-3/h4-13,19H,14H2,1-3H3,(H,31,34)/b24-12-. The van der Waals surface area contributed by atoms with Gasteiger partial charge in [-0.15, -0.1) is 0 Å². The van der Waals surface area contributed by atoms with Crippen molar-refractivity contribution in [2.75, 3.05) is 21.3 Å². The summed E-state index contributed by atoms with van der Waals surface area (Å²) in [7, 11) is 4.59. The van der Waals surface area contributed by atoms with Gasteiger partial charge in [0.25, 0.3) is 5.56 Å². The number of H-pyrrole nitrogens is 1. The van der Waals surface area contributed by atoms with Crippen molar-refractivity contribution in [1.29, 1.82) is 0 Å². The lowest BCUT2D eigenvalue weighted by molar-refractivity contribution is -0.135. The SMILES string of the molecule is COc1ccc2cc(C3CC(=O)Oc4ccc5c(c43)O/C(=C\c3cccc(OC)c3OC)C5=O)c(=O)[nH]c2c1. The molecule has 9 heteroatoms. The van der Waals surface area contributed by atoms with Crippen LogP contribution >= 0.6 is 0 Å². The molecule has 0 aliphatic carbocycles. The quantitative estimate of drug-likeness (QED) is 0.228. The normalized spacial score (nSPS) is 16.9. The summed E-state index contributed by atoms with van der Waals surface area (Å²) in [6, 6.07) is 15.5. The van der Waals surface area contributed by atoms with E-state index in [0.717, 1.165) is 5.39 Å². The fourth-order valence-electron chi connectivity index (χ4n) is 5.12. The van der Waals surface area contributed by atoms with E-state index in [1.165, 1.54) is 14.2 Å². The zero-order chi connectivity index (χ0) is 27.3. The molecule has 6 rings (SSSR count). The molecule has 4 aromatic rings. The molecule has 0 amide bonds. The number of hydrogen-bond donors (Lipinski definition) is 1. The van der Waals surface area contributed by atoms with Gasteiger partial charge in [-0.25, -0.2) is 0 Å². The summed E-state index contributed by atoms with van der Waals surface area (Å²) in [5.41, 5.74) is 1.98. The third-order valence-corrected chi connectivity index (χ3v) is 6.96. The Kier molecular flexibility index (Phi) is 5.83. The van der Waals surface area contributed by atoms with Gasteiger partial charge >= 0.3 is 5.97 Å². The zero-order valence-corrected chi connectivity index (χ0v) is 21.3. The number of nitrogens with one attached hydrogen (secondary N) is 1. The number of Topliss-reactive ketones (excluding diaryl/α,β-unsaturated/α-hetero) is 1. The predicted molar refractivity (Wildman–Crippen MR) is 142 cm³/mol. The number of pyridine rings is 1. The maximum absolute atomic E-state index is 13.4. The van der Waals surface area contributed by atoms with E-state index in [0.29, 0.717) is 45.0 Å².